The van der Waals surface area contributed by atoms with Crippen molar-refractivity contribution in [2.45, 2.75) is 84.5 Å². The van der Waals surface area contributed by atoms with E-state index < -0.39 is 5.97 Å². The smallest absolute Gasteiger partial charge is 0.306 e. The number of aliphatic carboxylic acids is 1. The topological polar surface area (TPSA) is 37.3 Å². The molecule has 2 nitrogen and oxygen atoms in total. The summed E-state index contributed by atoms with van der Waals surface area (Å²) >= 11 is 0. The van der Waals surface area contributed by atoms with Crippen LogP contribution in [0.1, 0.15) is 84.5 Å². The van der Waals surface area contributed by atoms with Crippen molar-refractivity contribution in [3.8, 4) is 0 Å². The zero-order valence-electron chi connectivity index (χ0n) is 12.9. The molecule has 0 heterocycles. The molecule has 1 N–H and O–H groups in total. The first-order valence-electron chi connectivity index (χ1n) is 8.10. The van der Waals surface area contributed by atoms with Gasteiger partial charge in [0.2, 0.25) is 0 Å². The standard InChI is InChI=1S/C17H32O2/c1-3-5-6-7-8-9-10-11-12-13-15-16(14-4-2)17(18)19/h11-12,16H,3-10,13-15H2,1-2H3,(H,18,19). The number of hydrogen-bond acceptors (Lipinski definition) is 1. The quantitative estimate of drug-likeness (QED) is 0.350. The SMILES string of the molecule is CCCCCCCCC=CCCC(CCC)C(=O)O. The van der Waals surface area contributed by atoms with Crippen molar-refractivity contribution in [3.05, 3.63) is 12.2 Å². The van der Waals surface area contributed by atoms with E-state index in [1.807, 2.05) is 6.92 Å². The van der Waals surface area contributed by atoms with Crippen LogP contribution in [0.4, 0.5) is 0 Å². The zero-order chi connectivity index (χ0) is 14.3. The van der Waals surface area contributed by atoms with E-state index >= 15 is 0 Å². The highest BCUT2D eigenvalue weighted by Crippen LogP contribution is 2.14. The van der Waals surface area contributed by atoms with Gasteiger partial charge in [-0.1, -0.05) is 64.5 Å². The fraction of sp³-hybridized carbons (Fsp3) is 0.824. The zero-order valence-corrected chi connectivity index (χ0v) is 12.9. The Morgan fingerprint density at radius 1 is 0.895 bits per heavy atom. The maximum atomic E-state index is 11.0. The van der Waals surface area contributed by atoms with E-state index in [0.717, 1.165) is 32.1 Å². The summed E-state index contributed by atoms with van der Waals surface area (Å²) in [5.74, 6) is -0.783. The van der Waals surface area contributed by atoms with Gasteiger partial charge in [0.15, 0.2) is 0 Å². The molecule has 0 rings (SSSR count). The molecule has 0 bridgehead atoms. The molecule has 19 heavy (non-hydrogen) atoms. The van der Waals surface area contributed by atoms with E-state index in [1.165, 1.54) is 38.5 Å². The van der Waals surface area contributed by atoms with Crippen molar-refractivity contribution >= 4 is 5.97 Å². The van der Waals surface area contributed by atoms with Gasteiger partial charge in [-0.25, -0.2) is 0 Å². The van der Waals surface area contributed by atoms with Crippen LogP contribution in [0.25, 0.3) is 0 Å². The van der Waals surface area contributed by atoms with Crippen LogP contribution < -0.4 is 0 Å². The largest absolute Gasteiger partial charge is 0.481 e. The highest BCUT2D eigenvalue weighted by Gasteiger charge is 2.14. The number of unbranched alkanes of at least 4 members (excludes halogenated alkanes) is 6. The summed E-state index contributed by atoms with van der Waals surface area (Å²) in [6.45, 7) is 4.29. The summed E-state index contributed by atoms with van der Waals surface area (Å²) in [5, 5.41) is 9.02. The van der Waals surface area contributed by atoms with Crippen LogP contribution in [0.5, 0.6) is 0 Å². The molecule has 1 unspecified atom stereocenters. The van der Waals surface area contributed by atoms with E-state index in [9.17, 15) is 4.79 Å². The molecular formula is C17H32O2. The summed E-state index contributed by atoms with van der Waals surface area (Å²) in [6, 6.07) is 0. The van der Waals surface area contributed by atoms with Crippen molar-refractivity contribution in [2.24, 2.45) is 5.92 Å². The van der Waals surface area contributed by atoms with E-state index in [4.69, 9.17) is 5.11 Å². The number of carboxylic acids is 1. The molecule has 0 saturated heterocycles. The van der Waals surface area contributed by atoms with Crippen LogP contribution in [-0.4, -0.2) is 11.1 Å². The third-order valence-corrected chi connectivity index (χ3v) is 3.56. The molecule has 0 aromatic heterocycles. The Morgan fingerprint density at radius 2 is 1.53 bits per heavy atom. The molecule has 0 aliphatic carbocycles. The maximum absolute atomic E-state index is 11.0. The number of rotatable bonds is 13. The fourth-order valence-electron chi connectivity index (χ4n) is 2.32. The monoisotopic (exact) mass is 268 g/mol. The van der Waals surface area contributed by atoms with Crippen LogP contribution in [0.15, 0.2) is 12.2 Å². The second-order valence-electron chi connectivity index (χ2n) is 5.43. The Morgan fingerprint density at radius 3 is 2.16 bits per heavy atom. The van der Waals surface area contributed by atoms with Gasteiger partial charge in [0.25, 0.3) is 0 Å². The van der Waals surface area contributed by atoms with E-state index in [1.54, 1.807) is 0 Å². The molecule has 0 fully saturated rings. The Labute approximate surface area is 119 Å². The van der Waals surface area contributed by atoms with Crippen molar-refractivity contribution in [2.75, 3.05) is 0 Å². The first kappa shape index (κ1) is 18.2. The molecule has 0 radical (unpaired) electrons. The second-order valence-corrected chi connectivity index (χ2v) is 5.43. The number of carbonyl (C=O) groups is 1. The van der Waals surface area contributed by atoms with E-state index in [2.05, 4.69) is 19.1 Å². The lowest BCUT2D eigenvalue weighted by Gasteiger charge is -2.08. The average Bonchev–Trinajstić information content (AvgIpc) is 2.39. The molecule has 0 aromatic carbocycles. The molecule has 112 valence electrons. The van der Waals surface area contributed by atoms with Gasteiger partial charge in [0.1, 0.15) is 0 Å². The summed E-state index contributed by atoms with van der Waals surface area (Å²) in [4.78, 5) is 11.0. The molecule has 0 spiro atoms. The molecular weight excluding hydrogens is 236 g/mol. The van der Waals surface area contributed by atoms with Crippen LogP contribution in [-0.2, 0) is 4.79 Å². The van der Waals surface area contributed by atoms with Crippen LogP contribution in [0.3, 0.4) is 0 Å². The lowest BCUT2D eigenvalue weighted by Crippen LogP contribution is -2.12. The Bertz CT molecular complexity index is 233. The molecule has 0 amide bonds. The third kappa shape index (κ3) is 12.0. The first-order chi connectivity index (χ1) is 9.22. The predicted molar refractivity (Wildman–Crippen MR) is 82.4 cm³/mol. The molecule has 1 atom stereocenters. The van der Waals surface area contributed by atoms with Gasteiger partial charge in [-0.2, -0.15) is 0 Å². The first-order valence-corrected chi connectivity index (χ1v) is 8.10. The van der Waals surface area contributed by atoms with Gasteiger partial charge in [-0.15, -0.1) is 0 Å². The molecule has 0 aromatic rings. The minimum absolute atomic E-state index is 0.149. The lowest BCUT2D eigenvalue weighted by atomic mass is 9.98. The Balaban J connectivity index is 3.44. The van der Waals surface area contributed by atoms with E-state index in [0.29, 0.717) is 0 Å². The molecule has 0 saturated carbocycles. The maximum Gasteiger partial charge on any atom is 0.306 e. The number of carboxylic acid groups (broad SMARTS) is 1. The summed E-state index contributed by atoms with van der Waals surface area (Å²) < 4.78 is 0. The molecule has 0 aliphatic heterocycles. The van der Waals surface area contributed by atoms with Gasteiger partial charge >= 0.3 is 5.97 Å². The van der Waals surface area contributed by atoms with Gasteiger partial charge in [0.05, 0.1) is 5.92 Å². The van der Waals surface area contributed by atoms with Crippen molar-refractivity contribution < 1.29 is 9.90 Å². The minimum Gasteiger partial charge on any atom is -0.481 e. The van der Waals surface area contributed by atoms with Gasteiger partial charge in [0, 0.05) is 0 Å². The van der Waals surface area contributed by atoms with Crippen LogP contribution >= 0.6 is 0 Å². The number of hydrogen-bond donors (Lipinski definition) is 1. The summed E-state index contributed by atoms with van der Waals surface area (Å²) in [7, 11) is 0. The normalized spacial score (nSPS) is 12.9. The van der Waals surface area contributed by atoms with Gasteiger partial charge < -0.3 is 5.11 Å². The Kier molecular flexibility index (Phi) is 13.1. The minimum atomic E-state index is -0.633. The van der Waals surface area contributed by atoms with E-state index in [-0.39, 0.29) is 5.92 Å². The summed E-state index contributed by atoms with van der Waals surface area (Å²) in [6.07, 6.45) is 17.0. The third-order valence-electron chi connectivity index (χ3n) is 3.56. The van der Waals surface area contributed by atoms with Crippen molar-refractivity contribution in [3.63, 3.8) is 0 Å². The van der Waals surface area contributed by atoms with Gasteiger partial charge in [-0.3, -0.25) is 4.79 Å². The van der Waals surface area contributed by atoms with Crippen LogP contribution in [0, 0.1) is 5.92 Å². The summed E-state index contributed by atoms with van der Waals surface area (Å²) in [5.41, 5.74) is 0. The predicted octanol–water partition coefficient (Wildman–Crippen LogP) is 5.57. The molecule has 2 heteroatoms. The van der Waals surface area contributed by atoms with Crippen molar-refractivity contribution in [1.29, 1.82) is 0 Å². The van der Waals surface area contributed by atoms with Gasteiger partial charge in [-0.05, 0) is 32.1 Å². The fourth-order valence-corrected chi connectivity index (χ4v) is 2.32. The number of allylic oxidation sites excluding steroid dienone is 2. The second kappa shape index (κ2) is 13.6. The van der Waals surface area contributed by atoms with Crippen LogP contribution in [0.2, 0.25) is 0 Å². The molecule has 0 aliphatic rings. The lowest BCUT2D eigenvalue weighted by molar-refractivity contribution is -0.142. The highest BCUT2D eigenvalue weighted by atomic mass is 16.4. The van der Waals surface area contributed by atoms with Crippen molar-refractivity contribution in [1.82, 2.24) is 0 Å². The Hall–Kier alpha value is -0.790. The average molecular weight is 268 g/mol. The highest BCUT2D eigenvalue weighted by molar-refractivity contribution is 5.69.